The maximum atomic E-state index is 11.1. The Labute approximate surface area is 81.2 Å². The molecule has 4 heteroatoms. The predicted molar refractivity (Wildman–Crippen MR) is 51.1 cm³/mol. The van der Waals surface area contributed by atoms with Gasteiger partial charge in [0.2, 0.25) is 5.28 Å². The largest absolute Gasteiger partial charge is 0.297 e. The fraction of sp³-hybridized carbons (Fsp3) is 0.556. The van der Waals surface area contributed by atoms with Crippen LogP contribution in [0.4, 0.5) is 0 Å². The second-order valence-electron chi connectivity index (χ2n) is 3.44. The van der Waals surface area contributed by atoms with E-state index in [1.807, 2.05) is 0 Å². The summed E-state index contributed by atoms with van der Waals surface area (Å²) in [6.45, 7) is 0. The van der Waals surface area contributed by atoms with E-state index in [1.54, 1.807) is 6.07 Å². The quantitative estimate of drug-likeness (QED) is 0.703. The van der Waals surface area contributed by atoms with Gasteiger partial charge in [0.1, 0.15) is 0 Å². The monoisotopic (exact) mass is 198 g/mol. The molecule has 3 nitrogen and oxygen atoms in total. The summed E-state index contributed by atoms with van der Waals surface area (Å²) in [4.78, 5) is 17.6. The number of aromatic nitrogens is 2. The SMILES string of the molecule is O=c1cc(C2CCCC2)nc(Cl)[nH]1. The zero-order valence-corrected chi connectivity index (χ0v) is 7.97. The van der Waals surface area contributed by atoms with E-state index in [-0.39, 0.29) is 10.8 Å². The normalized spacial score (nSPS) is 17.9. The van der Waals surface area contributed by atoms with Crippen molar-refractivity contribution in [3.05, 3.63) is 27.4 Å². The molecular weight excluding hydrogens is 188 g/mol. The van der Waals surface area contributed by atoms with Crippen molar-refractivity contribution in [3.63, 3.8) is 0 Å². The minimum absolute atomic E-state index is 0.151. The molecule has 1 aliphatic rings. The van der Waals surface area contributed by atoms with Gasteiger partial charge in [0.15, 0.2) is 0 Å². The lowest BCUT2D eigenvalue weighted by molar-refractivity contribution is 0.692. The Morgan fingerprint density at radius 2 is 2.15 bits per heavy atom. The van der Waals surface area contributed by atoms with Gasteiger partial charge in [-0.3, -0.25) is 9.78 Å². The molecule has 2 rings (SSSR count). The van der Waals surface area contributed by atoms with Crippen molar-refractivity contribution in [1.82, 2.24) is 9.97 Å². The highest BCUT2D eigenvalue weighted by Crippen LogP contribution is 2.32. The van der Waals surface area contributed by atoms with Gasteiger partial charge in [-0.15, -0.1) is 0 Å². The van der Waals surface area contributed by atoms with Crippen LogP contribution in [0.25, 0.3) is 0 Å². The molecule has 70 valence electrons. The Kier molecular flexibility index (Phi) is 2.36. The van der Waals surface area contributed by atoms with Crippen LogP contribution in [0.5, 0.6) is 0 Å². The molecule has 0 radical (unpaired) electrons. The van der Waals surface area contributed by atoms with E-state index in [0.29, 0.717) is 5.92 Å². The lowest BCUT2D eigenvalue weighted by Crippen LogP contribution is -2.10. The summed E-state index contributed by atoms with van der Waals surface area (Å²) in [6, 6.07) is 1.56. The van der Waals surface area contributed by atoms with Crippen LogP contribution in [0.15, 0.2) is 10.9 Å². The van der Waals surface area contributed by atoms with Gasteiger partial charge in [-0.1, -0.05) is 12.8 Å². The van der Waals surface area contributed by atoms with Crippen molar-refractivity contribution in [2.45, 2.75) is 31.6 Å². The third kappa shape index (κ3) is 1.91. The van der Waals surface area contributed by atoms with Crippen molar-refractivity contribution in [1.29, 1.82) is 0 Å². The van der Waals surface area contributed by atoms with Crippen LogP contribution in [0.2, 0.25) is 5.28 Å². The van der Waals surface area contributed by atoms with Gasteiger partial charge < -0.3 is 0 Å². The highest BCUT2D eigenvalue weighted by atomic mass is 35.5. The van der Waals surface area contributed by atoms with Crippen molar-refractivity contribution in [2.24, 2.45) is 0 Å². The molecular formula is C9H11ClN2O. The Morgan fingerprint density at radius 1 is 1.46 bits per heavy atom. The molecule has 0 aliphatic heterocycles. The molecule has 1 saturated carbocycles. The van der Waals surface area contributed by atoms with Gasteiger partial charge in [0.05, 0.1) is 5.69 Å². The minimum atomic E-state index is -0.151. The second kappa shape index (κ2) is 3.50. The van der Waals surface area contributed by atoms with Crippen LogP contribution in [-0.4, -0.2) is 9.97 Å². The van der Waals surface area contributed by atoms with Gasteiger partial charge in [0, 0.05) is 12.0 Å². The number of nitrogens with one attached hydrogen (secondary N) is 1. The Balaban J connectivity index is 2.33. The van der Waals surface area contributed by atoms with Crippen LogP contribution in [-0.2, 0) is 0 Å². The van der Waals surface area contributed by atoms with Crippen molar-refractivity contribution >= 4 is 11.6 Å². The first-order valence-corrected chi connectivity index (χ1v) is 4.90. The van der Waals surface area contributed by atoms with Gasteiger partial charge in [-0.05, 0) is 24.4 Å². The van der Waals surface area contributed by atoms with Crippen LogP contribution in [0, 0.1) is 0 Å². The molecule has 0 atom stereocenters. The molecule has 13 heavy (non-hydrogen) atoms. The van der Waals surface area contributed by atoms with E-state index < -0.39 is 0 Å². The van der Waals surface area contributed by atoms with Gasteiger partial charge in [-0.25, -0.2) is 4.98 Å². The number of halogens is 1. The molecule has 0 saturated heterocycles. The zero-order chi connectivity index (χ0) is 9.26. The molecule has 1 N–H and O–H groups in total. The highest BCUT2D eigenvalue weighted by Gasteiger charge is 2.18. The first-order valence-electron chi connectivity index (χ1n) is 4.52. The fourth-order valence-corrected chi connectivity index (χ4v) is 2.07. The molecule has 0 amide bonds. The highest BCUT2D eigenvalue weighted by molar-refractivity contribution is 6.28. The summed E-state index contributed by atoms with van der Waals surface area (Å²) >= 11 is 5.66. The number of aromatic amines is 1. The third-order valence-electron chi connectivity index (χ3n) is 2.51. The molecule has 0 spiro atoms. The molecule has 0 aromatic carbocycles. The fourth-order valence-electron chi connectivity index (χ4n) is 1.88. The first kappa shape index (κ1) is 8.75. The summed E-state index contributed by atoms with van der Waals surface area (Å²) in [7, 11) is 0. The average molecular weight is 199 g/mol. The number of rotatable bonds is 1. The van der Waals surface area contributed by atoms with Gasteiger partial charge in [-0.2, -0.15) is 0 Å². The topological polar surface area (TPSA) is 45.8 Å². The van der Waals surface area contributed by atoms with E-state index in [9.17, 15) is 4.79 Å². The smallest absolute Gasteiger partial charge is 0.252 e. The molecule has 1 aliphatic carbocycles. The zero-order valence-electron chi connectivity index (χ0n) is 7.22. The maximum absolute atomic E-state index is 11.1. The van der Waals surface area contributed by atoms with E-state index in [2.05, 4.69) is 9.97 Å². The van der Waals surface area contributed by atoms with Crippen molar-refractivity contribution < 1.29 is 0 Å². The first-order chi connectivity index (χ1) is 6.25. The summed E-state index contributed by atoms with van der Waals surface area (Å²) in [6.07, 6.45) is 4.73. The number of hydrogen-bond acceptors (Lipinski definition) is 2. The molecule has 1 fully saturated rings. The Hall–Kier alpha value is -0.830. The molecule has 1 aromatic rings. The van der Waals surface area contributed by atoms with Crippen LogP contribution < -0.4 is 5.56 Å². The lowest BCUT2D eigenvalue weighted by Gasteiger charge is -2.06. The molecule has 1 heterocycles. The van der Waals surface area contributed by atoms with Gasteiger partial charge in [0.25, 0.3) is 5.56 Å². The van der Waals surface area contributed by atoms with Crippen molar-refractivity contribution in [2.75, 3.05) is 0 Å². The van der Waals surface area contributed by atoms with E-state index in [4.69, 9.17) is 11.6 Å². The van der Waals surface area contributed by atoms with Crippen LogP contribution in [0.3, 0.4) is 0 Å². The second-order valence-corrected chi connectivity index (χ2v) is 3.80. The molecule has 1 aromatic heterocycles. The number of hydrogen-bond donors (Lipinski definition) is 1. The summed E-state index contributed by atoms with van der Waals surface area (Å²) in [5.41, 5.74) is 0.702. The van der Waals surface area contributed by atoms with E-state index >= 15 is 0 Å². The predicted octanol–water partition coefficient (Wildman–Crippen LogP) is 2.08. The van der Waals surface area contributed by atoms with E-state index in [1.165, 1.54) is 12.8 Å². The minimum Gasteiger partial charge on any atom is -0.297 e. The summed E-state index contributed by atoms with van der Waals surface area (Å²) < 4.78 is 0. The summed E-state index contributed by atoms with van der Waals surface area (Å²) in [5.74, 6) is 0.444. The summed E-state index contributed by atoms with van der Waals surface area (Å²) in [5, 5.41) is 0.203. The standard InChI is InChI=1S/C9H11ClN2O/c10-9-11-7(5-8(13)12-9)6-3-1-2-4-6/h5-6H,1-4H2,(H,11,12,13). The van der Waals surface area contributed by atoms with E-state index in [0.717, 1.165) is 18.5 Å². The number of nitrogens with zero attached hydrogens (tertiary/aromatic N) is 1. The van der Waals surface area contributed by atoms with Gasteiger partial charge >= 0.3 is 0 Å². The third-order valence-corrected chi connectivity index (χ3v) is 2.69. The average Bonchev–Trinajstić information content (AvgIpc) is 2.53. The van der Waals surface area contributed by atoms with Crippen LogP contribution >= 0.6 is 11.6 Å². The van der Waals surface area contributed by atoms with Crippen LogP contribution in [0.1, 0.15) is 37.3 Å². The molecule has 0 bridgehead atoms. The lowest BCUT2D eigenvalue weighted by atomic mass is 10.0. The maximum Gasteiger partial charge on any atom is 0.252 e. The number of H-pyrrole nitrogens is 1. The molecule has 0 unspecified atom stereocenters. The Bertz CT molecular complexity index is 355. The Morgan fingerprint density at radius 3 is 2.77 bits per heavy atom. The van der Waals surface area contributed by atoms with Crippen molar-refractivity contribution in [3.8, 4) is 0 Å².